The third kappa shape index (κ3) is 1.95. The van der Waals surface area contributed by atoms with Gasteiger partial charge in [-0.1, -0.05) is 6.07 Å². The molecule has 0 heterocycles. The van der Waals surface area contributed by atoms with Crippen LogP contribution in [0.5, 0.6) is 5.75 Å². The molecule has 0 aromatic heterocycles. The van der Waals surface area contributed by atoms with Gasteiger partial charge in [0.15, 0.2) is 0 Å². The average molecular weight is 192 g/mol. The fourth-order valence-electron chi connectivity index (χ4n) is 1.48. The number of ether oxygens (including phenoxy) is 1. The lowest BCUT2D eigenvalue weighted by molar-refractivity contribution is -0.131. The van der Waals surface area contributed by atoms with Crippen molar-refractivity contribution in [3.63, 3.8) is 0 Å². The summed E-state index contributed by atoms with van der Waals surface area (Å²) in [6.45, 7) is 9.42. The second kappa shape index (κ2) is 3.82. The molecule has 0 aliphatic rings. The smallest absolute Gasteiger partial charge is 0.308 e. The molecule has 0 saturated carbocycles. The second-order valence-corrected chi connectivity index (χ2v) is 3.68. The highest BCUT2D eigenvalue weighted by atomic mass is 16.5. The Labute approximate surface area is 84.9 Å². The molecular formula is C12H16O2. The van der Waals surface area contributed by atoms with Crippen molar-refractivity contribution in [2.24, 2.45) is 0 Å². The molecule has 76 valence electrons. The Morgan fingerprint density at radius 2 is 1.50 bits per heavy atom. The molecule has 0 bridgehead atoms. The highest BCUT2D eigenvalue weighted by molar-refractivity contribution is 5.71. The normalized spacial score (nSPS) is 10.1. The Morgan fingerprint density at radius 3 is 1.86 bits per heavy atom. The van der Waals surface area contributed by atoms with Gasteiger partial charge in [0.1, 0.15) is 5.75 Å². The average Bonchev–Trinajstić information content (AvgIpc) is 2.09. The van der Waals surface area contributed by atoms with Gasteiger partial charge in [-0.25, -0.2) is 0 Å². The van der Waals surface area contributed by atoms with Crippen molar-refractivity contribution in [2.75, 3.05) is 0 Å². The number of carbonyl (C=O) groups is 1. The van der Waals surface area contributed by atoms with Crippen molar-refractivity contribution in [3.05, 3.63) is 28.3 Å². The van der Waals surface area contributed by atoms with E-state index in [2.05, 4.69) is 6.07 Å². The minimum absolute atomic E-state index is 0.263. The molecule has 0 spiro atoms. The maximum absolute atomic E-state index is 10.9. The minimum Gasteiger partial charge on any atom is -0.426 e. The summed E-state index contributed by atoms with van der Waals surface area (Å²) in [5.74, 6) is 0.455. The molecule has 2 heteroatoms. The van der Waals surface area contributed by atoms with Crippen molar-refractivity contribution >= 4 is 5.97 Å². The van der Waals surface area contributed by atoms with Crippen molar-refractivity contribution in [1.29, 1.82) is 0 Å². The van der Waals surface area contributed by atoms with Gasteiger partial charge in [0, 0.05) is 6.92 Å². The number of hydrogen-bond acceptors (Lipinski definition) is 2. The molecule has 0 N–H and O–H groups in total. The van der Waals surface area contributed by atoms with Crippen LogP contribution in [0.3, 0.4) is 0 Å². The monoisotopic (exact) mass is 192 g/mol. The summed E-state index contributed by atoms with van der Waals surface area (Å²) in [7, 11) is 0. The molecule has 0 atom stereocenters. The molecule has 0 unspecified atom stereocenters. The van der Waals surface area contributed by atoms with E-state index < -0.39 is 0 Å². The Bertz CT molecular complexity index is 352. The van der Waals surface area contributed by atoms with Crippen molar-refractivity contribution in [3.8, 4) is 5.75 Å². The Kier molecular flexibility index (Phi) is 2.94. The van der Waals surface area contributed by atoms with Crippen LogP contribution in [0.1, 0.15) is 29.2 Å². The van der Waals surface area contributed by atoms with Crippen LogP contribution >= 0.6 is 0 Å². The highest BCUT2D eigenvalue weighted by Crippen LogP contribution is 2.28. The van der Waals surface area contributed by atoms with E-state index in [1.807, 2.05) is 27.7 Å². The fraction of sp³-hybridized carbons (Fsp3) is 0.417. The molecule has 14 heavy (non-hydrogen) atoms. The van der Waals surface area contributed by atoms with Crippen LogP contribution in [0.2, 0.25) is 0 Å². The van der Waals surface area contributed by atoms with E-state index in [-0.39, 0.29) is 5.97 Å². The standard InChI is InChI=1S/C12H16O2/c1-7-6-8(2)10(4)12(9(7)3)14-11(5)13/h6H,1-5H3. The Hall–Kier alpha value is -1.31. The lowest BCUT2D eigenvalue weighted by Gasteiger charge is -2.13. The Balaban J connectivity index is 3.31. The van der Waals surface area contributed by atoms with Crippen LogP contribution in [-0.4, -0.2) is 5.97 Å². The van der Waals surface area contributed by atoms with E-state index in [0.717, 1.165) is 28.0 Å². The summed E-state index contributed by atoms with van der Waals surface area (Å²) >= 11 is 0. The van der Waals surface area contributed by atoms with Gasteiger partial charge in [-0.2, -0.15) is 0 Å². The summed E-state index contributed by atoms with van der Waals surface area (Å²) in [6.07, 6.45) is 0. The maximum Gasteiger partial charge on any atom is 0.308 e. The number of carbonyl (C=O) groups excluding carboxylic acids is 1. The number of esters is 1. The molecule has 0 saturated heterocycles. The highest BCUT2D eigenvalue weighted by Gasteiger charge is 2.10. The third-order valence-corrected chi connectivity index (χ3v) is 2.54. The van der Waals surface area contributed by atoms with E-state index in [1.54, 1.807) is 0 Å². The van der Waals surface area contributed by atoms with Gasteiger partial charge in [-0.15, -0.1) is 0 Å². The van der Waals surface area contributed by atoms with Crippen molar-refractivity contribution < 1.29 is 9.53 Å². The van der Waals surface area contributed by atoms with Crippen LogP contribution in [0.15, 0.2) is 6.07 Å². The molecule has 1 aromatic rings. The van der Waals surface area contributed by atoms with Crippen molar-refractivity contribution in [1.82, 2.24) is 0 Å². The fourth-order valence-corrected chi connectivity index (χ4v) is 1.48. The van der Waals surface area contributed by atoms with Crippen LogP contribution in [0, 0.1) is 27.7 Å². The Morgan fingerprint density at radius 1 is 1.07 bits per heavy atom. The zero-order valence-corrected chi connectivity index (χ0v) is 9.39. The first-order chi connectivity index (χ1) is 6.43. The summed E-state index contributed by atoms with van der Waals surface area (Å²) in [5.41, 5.74) is 4.40. The van der Waals surface area contributed by atoms with Crippen LogP contribution < -0.4 is 4.74 Å². The maximum atomic E-state index is 10.9. The first kappa shape index (κ1) is 10.8. The zero-order chi connectivity index (χ0) is 10.9. The molecule has 2 nitrogen and oxygen atoms in total. The summed E-state index contributed by atoms with van der Waals surface area (Å²) < 4.78 is 5.20. The summed E-state index contributed by atoms with van der Waals surface area (Å²) in [4.78, 5) is 10.9. The van der Waals surface area contributed by atoms with Crippen molar-refractivity contribution in [2.45, 2.75) is 34.6 Å². The van der Waals surface area contributed by atoms with Gasteiger partial charge in [0.05, 0.1) is 0 Å². The molecule has 0 aliphatic heterocycles. The van der Waals surface area contributed by atoms with Gasteiger partial charge in [-0.05, 0) is 49.9 Å². The van der Waals surface area contributed by atoms with Gasteiger partial charge in [0.25, 0.3) is 0 Å². The molecule has 0 aliphatic carbocycles. The van der Waals surface area contributed by atoms with Crippen LogP contribution in [-0.2, 0) is 4.79 Å². The predicted molar refractivity (Wildman–Crippen MR) is 56.7 cm³/mol. The first-order valence-corrected chi connectivity index (χ1v) is 4.69. The van der Waals surface area contributed by atoms with Gasteiger partial charge >= 0.3 is 5.97 Å². The zero-order valence-electron chi connectivity index (χ0n) is 9.39. The summed E-state index contributed by atoms with van der Waals surface area (Å²) in [6, 6.07) is 2.11. The van der Waals surface area contributed by atoms with E-state index in [9.17, 15) is 4.79 Å². The molecular weight excluding hydrogens is 176 g/mol. The van der Waals surface area contributed by atoms with Crippen LogP contribution in [0.25, 0.3) is 0 Å². The van der Waals surface area contributed by atoms with E-state index in [0.29, 0.717) is 0 Å². The summed E-state index contributed by atoms with van der Waals surface area (Å²) in [5, 5.41) is 0. The number of rotatable bonds is 1. The number of benzene rings is 1. The van der Waals surface area contributed by atoms with E-state index in [1.165, 1.54) is 6.92 Å². The van der Waals surface area contributed by atoms with E-state index >= 15 is 0 Å². The topological polar surface area (TPSA) is 26.3 Å². The number of hydrogen-bond donors (Lipinski definition) is 0. The quantitative estimate of drug-likeness (QED) is 0.505. The predicted octanol–water partition coefficient (Wildman–Crippen LogP) is 2.85. The van der Waals surface area contributed by atoms with Gasteiger partial charge in [0.2, 0.25) is 0 Å². The second-order valence-electron chi connectivity index (χ2n) is 3.68. The molecule has 1 aromatic carbocycles. The lowest BCUT2D eigenvalue weighted by atomic mass is 10.0. The van der Waals surface area contributed by atoms with E-state index in [4.69, 9.17) is 4.74 Å². The third-order valence-electron chi connectivity index (χ3n) is 2.54. The molecule has 0 fully saturated rings. The molecule has 0 radical (unpaired) electrons. The SMILES string of the molecule is CC(=O)Oc1c(C)c(C)cc(C)c1C. The molecule has 0 amide bonds. The first-order valence-electron chi connectivity index (χ1n) is 4.69. The lowest BCUT2D eigenvalue weighted by Crippen LogP contribution is -2.06. The largest absolute Gasteiger partial charge is 0.426 e. The van der Waals surface area contributed by atoms with Gasteiger partial charge in [-0.3, -0.25) is 4.79 Å². The van der Waals surface area contributed by atoms with Gasteiger partial charge < -0.3 is 4.74 Å². The number of aryl methyl sites for hydroxylation is 2. The van der Waals surface area contributed by atoms with Crippen LogP contribution in [0.4, 0.5) is 0 Å². The molecule has 1 rings (SSSR count). The minimum atomic E-state index is -0.263.